The molecule has 1 heterocycles. The largest absolute Gasteiger partial charge is 0.383 e. The molecule has 96 valence electrons. The highest BCUT2D eigenvalue weighted by molar-refractivity contribution is 4.88. The molecule has 1 rings (SSSR count). The first-order valence-corrected chi connectivity index (χ1v) is 6.43. The maximum absolute atomic E-state index is 5.31. The van der Waals surface area contributed by atoms with E-state index in [2.05, 4.69) is 37.9 Å². The molecule has 0 aromatic rings. The summed E-state index contributed by atoms with van der Waals surface area (Å²) in [5.74, 6) is 0.767. The molecule has 0 aromatic heterocycles. The zero-order valence-corrected chi connectivity index (χ0v) is 11.5. The Morgan fingerprint density at radius 2 is 2.12 bits per heavy atom. The molecule has 0 aromatic carbocycles. The molecular formula is C13H28N2O. The normalized spacial score (nSPS) is 24.0. The van der Waals surface area contributed by atoms with Crippen LogP contribution in [0.25, 0.3) is 0 Å². The molecule has 0 saturated carbocycles. The lowest BCUT2D eigenvalue weighted by Crippen LogP contribution is -2.59. The predicted molar refractivity (Wildman–Crippen MR) is 68.8 cm³/mol. The minimum atomic E-state index is 0.159. The van der Waals surface area contributed by atoms with E-state index in [4.69, 9.17) is 4.74 Å². The van der Waals surface area contributed by atoms with E-state index in [1.165, 1.54) is 6.42 Å². The summed E-state index contributed by atoms with van der Waals surface area (Å²) in [6.45, 7) is 13.3. The first-order chi connectivity index (χ1) is 7.45. The molecule has 1 aliphatic rings. The second-order valence-corrected chi connectivity index (χ2v) is 5.97. The Hall–Kier alpha value is -0.120. The van der Waals surface area contributed by atoms with E-state index in [0.717, 1.165) is 32.2 Å². The lowest BCUT2D eigenvalue weighted by molar-refractivity contribution is 0.0140. The van der Waals surface area contributed by atoms with Crippen LogP contribution in [0.15, 0.2) is 0 Å². The molecule has 0 radical (unpaired) electrons. The van der Waals surface area contributed by atoms with E-state index in [0.29, 0.717) is 6.04 Å². The van der Waals surface area contributed by atoms with Crippen LogP contribution in [-0.4, -0.2) is 49.8 Å². The lowest BCUT2D eigenvalue weighted by atomic mass is 9.97. The predicted octanol–water partition coefficient (Wildman–Crippen LogP) is 1.73. The van der Waals surface area contributed by atoms with Crippen molar-refractivity contribution >= 4 is 0 Å². The van der Waals surface area contributed by atoms with Crippen LogP contribution in [0.4, 0.5) is 0 Å². The van der Waals surface area contributed by atoms with Gasteiger partial charge in [-0.15, -0.1) is 0 Å². The van der Waals surface area contributed by atoms with Gasteiger partial charge in [0.15, 0.2) is 0 Å². The Morgan fingerprint density at radius 3 is 2.69 bits per heavy atom. The summed E-state index contributed by atoms with van der Waals surface area (Å²) < 4.78 is 5.31. The van der Waals surface area contributed by atoms with Gasteiger partial charge in [0, 0.05) is 38.3 Å². The van der Waals surface area contributed by atoms with Crippen molar-refractivity contribution < 1.29 is 4.74 Å². The van der Waals surface area contributed by atoms with Crippen molar-refractivity contribution in [2.75, 3.05) is 33.4 Å². The van der Waals surface area contributed by atoms with Crippen LogP contribution in [-0.2, 0) is 4.74 Å². The van der Waals surface area contributed by atoms with Gasteiger partial charge in [0.2, 0.25) is 0 Å². The Labute approximate surface area is 101 Å². The molecule has 0 aliphatic carbocycles. The van der Waals surface area contributed by atoms with E-state index in [1.54, 1.807) is 7.11 Å². The highest BCUT2D eigenvalue weighted by atomic mass is 16.5. The van der Waals surface area contributed by atoms with Gasteiger partial charge in [0.25, 0.3) is 0 Å². The Balaban J connectivity index is 2.49. The standard InChI is InChI=1S/C13H28N2O/c1-11(2)8-12-9-15(7-6-14-12)13(3,4)10-16-5/h11-12,14H,6-10H2,1-5H3. The van der Waals surface area contributed by atoms with E-state index >= 15 is 0 Å². The highest BCUT2D eigenvalue weighted by Crippen LogP contribution is 2.19. The fourth-order valence-electron chi connectivity index (χ4n) is 2.55. The molecule has 1 aliphatic heterocycles. The zero-order valence-electron chi connectivity index (χ0n) is 11.5. The van der Waals surface area contributed by atoms with Crippen LogP contribution in [0.5, 0.6) is 0 Å². The third kappa shape index (κ3) is 4.04. The minimum Gasteiger partial charge on any atom is -0.383 e. The third-order valence-corrected chi connectivity index (χ3v) is 3.37. The summed E-state index contributed by atoms with van der Waals surface area (Å²) in [5.41, 5.74) is 0.159. The summed E-state index contributed by atoms with van der Waals surface area (Å²) in [6.07, 6.45) is 1.26. The fourth-order valence-corrected chi connectivity index (χ4v) is 2.55. The molecule has 1 fully saturated rings. The Bertz CT molecular complexity index is 204. The topological polar surface area (TPSA) is 24.5 Å². The average Bonchev–Trinajstić information content (AvgIpc) is 2.17. The minimum absolute atomic E-state index is 0.159. The van der Waals surface area contributed by atoms with Crippen LogP contribution in [0.1, 0.15) is 34.1 Å². The summed E-state index contributed by atoms with van der Waals surface area (Å²) >= 11 is 0. The van der Waals surface area contributed by atoms with Gasteiger partial charge in [-0.25, -0.2) is 0 Å². The zero-order chi connectivity index (χ0) is 12.2. The first-order valence-electron chi connectivity index (χ1n) is 6.43. The van der Waals surface area contributed by atoms with Crippen LogP contribution in [0.2, 0.25) is 0 Å². The first kappa shape index (κ1) is 13.9. The van der Waals surface area contributed by atoms with E-state index in [-0.39, 0.29) is 5.54 Å². The van der Waals surface area contributed by atoms with Crippen molar-refractivity contribution in [3.05, 3.63) is 0 Å². The summed E-state index contributed by atoms with van der Waals surface area (Å²) in [5, 5.41) is 3.61. The fraction of sp³-hybridized carbons (Fsp3) is 1.00. The van der Waals surface area contributed by atoms with Gasteiger partial charge >= 0.3 is 0 Å². The summed E-state index contributed by atoms with van der Waals surface area (Å²) in [4.78, 5) is 2.56. The smallest absolute Gasteiger partial charge is 0.0641 e. The number of ether oxygens (including phenoxy) is 1. The number of hydrogen-bond acceptors (Lipinski definition) is 3. The van der Waals surface area contributed by atoms with Crippen molar-refractivity contribution in [3.8, 4) is 0 Å². The molecule has 3 nitrogen and oxygen atoms in total. The van der Waals surface area contributed by atoms with E-state index < -0.39 is 0 Å². The molecule has 1 saturated heterocycles. The van der Waals surface area contributed by atoms with E-state index in [1.807, 2.05) is 0 Å². The van der Waals surface area contributed by atoms with Crippen molar-refractivity contribution in [3.63, 3.8) is 0 Å². The van der Waals surface area contributed by atoms with Gasteiger partial charge < -0.3 is 10.1 Å². The van der Waals surface area contributed by atoms with Crippen LogP contribution < -0.4 is 5.32 Å². The van der Waals surface area contributed by atoms with Gasteiger partial charge in [-0.05, 0) is 26.2 Å². The van der Waals surface area contributed by atoms with Gasteiger partial charge in [-0.1, -0.05) is 13.8 Å². The summed E-state index contributed by atoms with van der Waals surface area (Å²) in [7, 11) is 1.79. The SMILES string of the molecule is COCC(C)(C)N1CCNC(CC(C)C)C1. The van der Waals surface area contributed by atoms with Crippen LogP contribution in [0.3, 0.4) is 0 Å². The molecule has 1 N–H and O–H groups in total. The van der Waals surface area contributed by atoms with Gasteiger partial charge in [-0.3, -0.25) is 4.90 Å². The molecule has 0 amide bonds. The van der Waals surface area contributed by atoms with E-state index in [9.17, 15) is 0 Å². The lowest BCUT2D eigenvalue weighted by Gasteiger charge is -2.44. The Morgan fingerprint density at radius 1 is 1.44 bits per heavy atom. The van der Waals surface area contributed by atoms with Crippen molar-refractivity contribution in [2.45, 2.75) is 45.7 Å². The quantitative estimate of drug-likeness (QED) is 0.775. The molecule has 3 heteroatoms. The molecule has 1 atom stereocenters. The van der Waals surface area contributed by atoms with Crippen LogP contribution in [0, 0.1) is 5.92 Å². The van der Waals surface area contributed by atoms with Gasteiger partial charge in [-0.2, -0.15) is 0 Å². The monoisotopic (exact) mass is 228 g/mol. The molecule has 1 unspecified atom stereocenters. The third-order valence-electron chi connectivity index (χ3n) is 3.37. The van der Waals surface area contributed by atoms with Gasteiger partial charge in [0.1, 0.15) is 0 Å². The number of nitrogens with one attached hydrogen (secondary N) is 1. The second-order valence-electron chi connectivity index (χ2n) is 5.97. The molecule has 0 bridgehead atoms. The average molecular weight is 228 g/mol. The van der Waals surface area contributed by atoms with Crippen molar-refractivity contribution in [1.29, 1.82) is 0 Å². The molecular weight excluding hydrogens is 200 g/mol. The number of rotatable bonds is 5. The Kier molecular flexibility index (Phi) is 5.22. The number of nitrogens with zero attached hydrogens (tertiary/aromatic N) is 1. The van der Waals surface area contributed by atoms with Gasteiger partial charge in [0.05, 0.1) is 6.61 Å². The maximum Gasteiger partial charge on any atom is 0.0641 e. The summed E-state index contributed by atoms with van der Waals surface area (Å²) in [6, 6.07) is 0.643. The maximum atomic E-state index is 5.31. The number of methoxy groups -OCH3 is 1. The number of hydrogen-bond donors (Lipinski definition) is 1. The molecule has 0 spiro atoms. The van der Waals surface area contributed by atoms with Crippen molar-refractivity contribution in [2.24, 2.45) is 5.92 Å². The highest BCUT2D eigenvalue weighted by Gasteiger charge is 2.31. The van der Waals surface area contributed by atoms with Crippen molar-refractivity contribution in [1.82, 2.24) is 10.2 Å². The van der Waals surface area contributed by atoms with Crippen LogP contribution >= 0.6 is 0 Å². The number of piperazine rings is 1. The second kappa shape index (κ2) is 5.99. The molecule has 16 heavy (non-hydrogen) atoms.